The average Bonchev–Trinajstić information content (AvgIpc) is 2.94. The number of carbonyl (C=O) groups is 2. The van der Waals surface area contributed by atoms with Crippen LogP contribution in [0.15, 0.2) is 18.2 Å². The van der Waals surface area contributed by atoms with Gasteiger partial charge in [-0.15, -0.1) is 0 Å². The molecule has 0 bridgehead atoms. The van der Waals surface area contributed by atoms with Crippen LogP contribution >= 0.6 is 0 Å². The fraction of sp³-hybridized carbons (Fsp3) is 0.467. The van der Waals surface area contributed by atoms with Crippen molar-refractivity contribution in [1.29, 1.82) is 0 Å². The van der Waals surface area contributed by atoms with Gasteiger partial charge in [0.2, 0.25) is 5.91 Å². The molecular formula is C15H19F2N3O2. The van der Waals surface area contributed by atoms with Crippen LogP contribution in [0.5, 0.6) is 0 Å². The van der Waals surface area contributed by atoms with E-state index in [2.05, 4.69) is 16.0 Å². The van der Waals surface area contributed by atoms with Gasteiger partial charge < -0.3 is 16.0 Å². The summed E-state index contributed by atoms with van der Waals surface area (Å²) in [6.45, 7) is 1.55. The van der Waals surface area contributed by atoms with Gasteiger partial charge in [-0.2, -0.15) is 0 Å². The van der Waals surface area contributed by atoms with E-state index in [4.69, 9.17) is 0 Å². The maximum Gasteiger partial charge on any atom is 0.319 e. The summed E-state index contributed by atoms with van der Waals surface area (Å²) in [7, 11) is 0. The van der Waals surface area contributed by atoms with Crippen LogP contribution in [0, 0.1) is 11.6 Å². The fourth-order valence-corrected chi connectivity index (χ4v) is 2.41. The SMILES string of the molecule is C[C@H](NC(=O)Nc1ccc(F)cc1F)C(=O)NC1CCCC1. The molecule has 0 radical (unpaired) electrons. The first-order valence-corrected chi connectivity index (χ1v) is 7.28. The van der Waals surface area contributed by atoms with E-state index in [0.717, 1.165) is 37.8 Å². The zero-order valence-electron chi connectivity index (χ0n) is 12.3. The minimum atomic E-state index is -0.877. The van der Waals surface area contributed by atoms with Crippen LogP contribution in [0.2, 0.25) is 0 Å². The van der Waals surface area contributed by atoms with Gasteiger partial charge in [-0.25, -0.2) is 13.6 Å². The topological polar surface area (TPSA) is 70.2 Å². The smallest absolute Gasteiger partial charge is 0.319 e. The number of halogens is 2. The van der Waals surface area contributed by atoms with Crippen LogP contribution < -0.4 is 16.0 Å². The van der Waals surface area contributed by atoms with Gasteiger partial charge >= 0.3 is 6.03 Å². The Hall–Kier alpha value is -2.18. The zero-order chi connectivity index (χ0) is 16.1. The van der Waals surface area contributed by atoms with E-state index in [1.807, 2.05) is 0 Å². The van der Waals surface area contributed by atoms with Crippen LogP contribution in [0.1, 0.15) is 32.6 Å². The van der Waals surface area contributed by atoms with E-state index >= 15 is 0 Å². The van der Waals surface area contributed by atoms with Gasteiger partial charge in [-0.3, -0.25) is 4.79 Å². The normalized spacial score (nSPS) is 16.1. The van der Waals surface area contributed by atoms with Crippen LogP contribution in [0.4, 0.5) is 19.3 Å². The summed E-state index contributed by atoms with van der Waals surface area (Å²) in [5.41, 5.74) is -0.151. The number of benzene rings is 1. The first-order valence-electron chi connectivity index (χ1n) is 7.28. The van der Waals surface area contributed by atoms with Gasteiger partial charge in [0.15, 0.2) is 0 Å². The molecule has 0 saturated heterocycles. The van der Waals surface area contributed by atoms with Gasteiger partial charge in [0.05, 0.1) is 5.69 Å². The molecular weight excluding hydrogens is 292 g/mol. The number of rotatable bonds is 4. The molecule has 5 nitrogen and oxygen atoms in total. The maximum atomic E-state index is 13.4. The molecule has 1 fully saturated rings. The van der Waals surface area contributed by atoms with Gasteiger partial charge in [0, 0.05) is 12.1 Å². The Balaban J connectivity index is 1.83. The molecule has 1 aliphatic carbocycles. The highest BCUT2D eigenvalue weighted by atomic mass is 19.1. The molecule has 22 heavy (non-hydrogen) atoms. The Bertz CT molecular complexity index is 560. The minimum Gasteiger partial charge on any atom is -0.352 e. The summed E-state index contributed by atoms with van der Waals surface area (Å²) >= 11 is 0. The number of amides is 3. The highest BCUT2D eigenvalue weighted by Gasteiger charge is 2.21. The van der Waals surface area contributed by atoms with E-state index in [-0.39, 0.29) is 17.6 Å². The number of hydrogen-bond donors (Lipinski definition) is 3. The second kappa shape index (κ2) is 7.20. The Morgan fingerprint density at radius 3 is 2.55 bits per heavy atom. The number of urea groups is 1. The summed E-state index contributed by atoms with van der Waals surface area (Å²) in [6, 6.07) is 1.52. The predicted molar refractivity (Wildman–Crippen MR) is 78.4 cm³/mol. The van der Waals surface area contributed by atoms with Crippen molar-refractivity contribution in [2.24, 2.45) is 0 Å². The highest BCUT2D eigenvalue weighted by molar-refractivity contribution is 5.93. The van der Waals surface area contributed by atoms with E-state index < -0.39 is 23.7 Å². The van der Waals surface area contributed by atoms with Gasteiger partial charge in [0.1, 0.15) is 17.7 Å². The predicted octanol–water partition coefficient (Wildman–Crippen LogP) is 2.53. The van der Waals surface area contributed by atoms with Gasteiger partial charge in [0.25, 0.3) is 0 Å². The number of hydrogen-bond acceptors (Lipinski definition) is 2. The highest BCUT2D eigenvalue weighted by Crippen LogP contribution is 2.17. The summed E-state index contributed by atoms with van der Waals surface area (Å²) < 4.78 is 26.2. The molecule has 1 aliphatic rings. The third-order valence-corrected chi connectivity index (χ3v) is 3.62. The lowest BCUT2D eigenvalue weighted by molar-refractivity contribution is -0.123. The van der Waals surface area contributed by atoms with E-state index in [1.165, 1.54) is 0 Å². The van der Waals surface area contributed by atoms with Gasteiger partial charge in [-0.1, -0.05) is 12.8 Å². The second-order valence-corrected chi connectivity index (χ2v) is 5.43. The fourth-order valence-electron chi connectivity index (χ4n) is 2.41. The lowest BCUT2D eigenvalue weighted by atomic mass is 10.2. The van der Waals surface area contributed by atoms with Crippen LogP contribution in [-0.4, -0.2) is 24.0 Å². The van der Waals surface area contributed by atoms with Crippen molar-refractivity contribution >= 4 is 17.6 Å². The first-order chi connectivity index (χ1) is 10.5. The Morgan fingerprint density at radius 1 is 1.23 bits per heavy atom. The Labute approximate surface area is 127 Å². The quantitative estimate of drug-likeness (QED) is 0.799. The van der Waals surface area contributed by atoms with Crippen molar-refractivity contribution in [1.82, 2.24) is 10.6 Å². The van der Waals surface area contributed by atoms with Crippen LogP contribution in [0.3, 0.4) is 0 Å². The molecule has 0 aliphatic heterocycles. The van der Waals surface area contributed by atoms with Gasteiger partial charge in [-0.05, 0) is 31.9 Å². The monoisotopic (exact) mass is 311 g/mol. The summed E-state index contributed by atoms with van der Waals surface area (Å²) in [5.74, 6) is -1.88. The second-order valence-electron chi connectivity index (χ2n) is 5.43. The molecule has 7 heteroatoms. The molecule has 0 aromatic heterocycles. The van der Waals surface area contributed by atoms with Crippen molar-refractivity contribution in [3.05, 3.63) is 29.8 Å². The summed E-state index contributed by atoms with van der Waals surface area (Å²) in [6.07, 6.45) is 4.09. The lowest BCUT2D eigenvalue weighted by Crippen LogP contribution is -2.48. The molecule has 3 amide bonds. The molecule has 1 saturated carbocycles. The molecule has 1 atom stereocenters. The van der Waals surface area contributed by atoms with Crippen molar-refractivity contribution in [2.75, 3.05) is 5.32 Å². The Kier molecular flexibility index (Phi) is 5.30. The molecule has 120 valence electrons. The average molecular weight is 311 g/mol. The molecule has 2 rings (SSSR count). The molecule has 1 aromatic rings. The molecule has 0 unspecified atom stereocenters. The van der Waals surface area contributed by atoms with E-state index in [9.17, 15) is 18.4 Å². The van der Waals surface area contributed by atoms with Crippen molar-refractivity contribution in [3.63, 3.8) is 0 Å². The molecule has 0 heterocycles. The third-order valence-electron chi connectivity index (χ3n) is 3.62. The lowest BCUT2D eigenvalue weighted by Gasteiger charge is -2.18. The summed E-state index contributed by atoms with van der Waals surface area (Å²) in [5, 5.41) is 7.53. The number of anilines is 1. The standard InChI is InChI=1S/C15H19F2N3O2/c1-9(14(21)19-11-4-2-3-5-11)18-15(22)20-13-7-6-10(16)8-12(13)17/h6-9,11H,2-5H2,1H3,(H,19,21)(H2,18,20,22)/t9-/m0/s1. The molecule has 3 N–H and O–H groups in total. The molecule has 1 aromatic carbocycles. The molecule has 0 spiro atoms. The largest absolute Gasteiger partial charge is 0.352 e. The van der Waals surface area contributed by atoms with E-state index in [1.54, 1.807) is 6.92 Å². The third kappa shape index (κ3) is 4.41. The van der Waals surface area contributed by atoms with Crippen molar-refractivity contribution in [3.8, 4) is 0 Å². The zero-order valence-corrected chi connectivity index (χ0v) is 12.3. The number of nitrogens with one attached hydrogen (secondary N) is 3. The van der Waals surface area contributed by atoms with Crippen LogP contribution in [-0.2, 0) is 4.79 Å². The van der Waals surface area contributed by atoms with Crippen molar-refractivity contribution < 1.29 is 18.4 Å². The number of carbonyl (C=O) groups excluding carboxylic acids is 2. The Morgan fingerprint density at radius 2 is 1.91 bits per heavy atom. The first kappa shape index (κ1) is 16.2. The van der Waals surface area contributed by atoms with E-state index in [0.29, 0.717) is 6.07 Å². The summed E-state index contributed by atoms with van der Waals surface area (Å²) in [4.78, 5) is 23.7. The maximum absolute atomic E-state index is 13.4. The van der Waals surface area contributed by atoms with Crippen LogP contribution in [0.25, 0.3) is 0 Å². The van der Waals surface area contributed by atoms with Crippen molar-refractivity contribution in [2.45, 2.75) is 44.7 Å². The minimum absolute atomic E-state index is 0.151.